The lowest BCUT2D eigenvalue weighted by Crippen LogP contribution is -2.30. The minimum absolute atomic E-state index is 0.107. The first kappa shape index (κ1) is 103. The summed E-state index contributed by atoms with van der Waals surface area (Å²) in [7, 11) is -9.93. The first-order valence-electron chi connectivity index (χ1n) is 44.5. The number of aliphatic hydroxyl groups excluding tert-OH is 1. The third-order valence-corrected chi connectivity index (χ3v) is 22.1. The second kappa shape index (κ2) is 77.4. The molecule has 3 N–H and O–H groups in total. The summed E-state index contributed by atoms with van der Waals surface area (Å²) in [6.45, 7) is 9.63. The van der Waals surface area contributed by atoms with Gasteiger partial charge in [-0.3, -0.25) is 37.3 Å². The molecule has 105 heavy (non-hydrogen) atoms. The van der Waals surface area contributed by atoms with E-state index in [0.29, 0.717) is 31.6 Å². The Morgan fingerprint density at radius 2 is 0.438 bits per heavy atom. The lowest BCUT2D eigenvalue weighted by Gasteiger charge is -2.21. The van der Waals surface area contributed by atoms with E-state index < -0.39 is 97.5 Å². The van der Waals surface area contributed by atoms with E-state index in [0.717, 1.165) is 102 Å². The minimum atomic E-state index is -4.97. The topological polar surface area (TPSA) is 237 Å². The van der Waals surface area contributed by atoms with Crippen LogP contribution >= 0.6 is 15.6 Å². The maximum absolute atomic E-state index is 13.1. The van der Waals surface area contributed by atoms with Crippen molar-refractivity contribution in [2.24, 2.45) is 11.8 Å². The summed E-state index contributed by atoms with van der Waals surface area (Å²) in [6.07, 6.45) is 69.6. The first-order valence-corrected chi connectivity index (χ1v) is 47.5. The molecule has 0 amide bonds. The van der Waals surface area contributed by atoms with E-state index in [9.17, 15) is 43.2 Å². The Bertz CT molecular complexity index is 2010. The predicted molar refractivity (Wildman–Crippen MR) is 432 cm³/mol. The number of hydrogen-bond donors (Lipinski definition) is 3. The molecule has 0 spiro atoms. The van der Waals surface area contributed by atoms with Gasteiger partial charge in [-0.2, -0.15) is 0 Å². The summed E-state index contributed by atoms with van der Waals surface area (Å²) in [4.78, 5) is 73.2. The Morgan fingerprint density at radius 3 is 0.648 bits per heavy atom. The van der Waals surface area contributed by atoms with Crippen molar-refractivity contribution in [1.29, 1.82) is 0 Å². The van der Waals surface area contributed by atoms with Gasteiger partial charge in [-0.15, -0.1) is 0 Å². The Kier molecular flexibility index (Phi) is 76.0. The van der Waals surface area contributed by atoms with Gasteiger partial charge >= 0.3 is 39.5 Å². The molecule has 0 saturated carbocycles. The van der Waals surface area contributed by atoms with Gasteiger partial charge in [0.25, 0.3) is 0 Å². The number of esters is 4. The van der Waals surface area contributed by atoms with E-state index in [2.05, 4.69) is 41.5 Å². The Morgan fingerprint density at radius 1 is 0.257 bits per heavy atom. The summed E-state index contributed by atoms with van der Waals surface area (Å²) >= 11 is 0. The maximum atomic E-state index is 13.1. The van der Waals surface area contributed by atoms with Crippen molar-refractivity contribution in [2.75, 3.05) is 39.6 Å². The predicted octanol–water partition coefficient (Wildman–Crippen LogP) is 26.2. The minimum Gasteiger partial charge on any atom is -0.462 e. The van der Waals surface area contributed by atoms with Gasteiger partial charge in [0.05, 0.1) is 26.4 Å². The van der Waals surface area contributed by atoms with Crippen LogP contribution in [0.25, 0.3) is 0 Å². The smallest absolute Gasteiger partial charge is 0.462 e. The SMILES string of the molecule is CCCCCCCCCCCCCCCCCCCCCCC(=O)O[C@H](COC(=O)CCCCCCCCCCCCCCCCCCCCC)COP(=O)(O)OC[C@@H](O)COP(=O)(O)OC[C@@H](COC(=O)CCCCCCCCCC(C)C)OC(=O)CCCCCCCCCCCCCCCC(C)C. The number of phosphoric ester groups is 2. The van der Waals surface area contributed by atoms with Crippen LogP contribution in [-0.4, -0.2) is 96.7 Å². The maximum Gasteiger partial charge on any atom is 0.472 e. The zero-order valence-electron chi connectivity index (χ0n) is 69.0. The molecular formula is C86H168O17P2. The van der Waals surface area contributed by atoms with E-state index in [4.69, 9.17) is 37.0 Å². The standard InChI is InChI=1S/C86H168O17P2/c1-7-9-11-13-15-17-19-21-23-25-27-29-31-33-37-41-45-51-58-64-70-85(90)102-81(74-96-83(88)68-62-56-50-44-40-36-32-30-28-26-24-22-20-18-16-14-12-10-8-2)76-100-104(92,93)98-72-80(87)73-99-105(94,95)101-77-82(75-97-84(89)69-63-57-53-47-49-55-61-67-79(5)6)103-86(91)71-65-59-52-46-42-38-34-35-39-43-48-54-60-66-78(3)4/h78-82,87H,7-77H2,1-6H3,(H,92,93)(H,94,95)/t80-,81-,82-/m1/s1. The van der Waals surface area contributed by atoms with Crippen molar-refractivity contribution in [3.05, 3.63) is 0 Å². The number of rotatable bonds is 85. The van der Waals surface area contributed by atoms with Crippen LogP contribution in [0.5, 0.6) is 0 Å². The molecular weight excluding hydrogens is 1370 g/mol. The quantitative estimate of drug-likeness (QED) is 0.0222. The molecule has 17 nitrogen and oxygen atoms in total. The molecule has 0 heterocycles. The molecule has 0 aliphatic carbocycles. The van der Waals surface area contributed by atoms with E-state index in [-0.39, 0.29) is 25.7 Å². The number of ether oxygens (including phenoxy) is 4. The van der Waals surface area contributed by atoms with Crippen molar-refractivity contribution in [3.63, 3.8) is 0 Å². The van der Waals surface area contributed by atoms with Crippen molar-refractivity contribution in [2.45, 2.75) is 477 Å². The molecule has 0 aliphatic heterocycles. The summed E-state index contributed by atoms with van der Waals surface area (Å²) in [6, 6.07) is 0. The molecule has 0 saturated heterocycles. The Hall–Kier alpha value is -1.94. The molecule has 19 heteroatoms. The van der Waals surface area contributed by atoms with E-state index in [1.807, 2.05) is 0 Å². The van der Waals surface area contributed by atoms with Crippen molar-refractivity contribution in [1.82, 2.24) is 0 Å². The molecule has 624 valence electrons. The lowest BCUT2D eigenvalue weighted by molar-refractivity contribution is -0.161. The molecule has 0 rings (SSSR count). The highest BCUT2D eigenvalue weighted by molar-refractivity contribution is 7.47. The van der Waals surface area contributed by atoms with Crippen LogP contribution in [0.15, 0.2) is 0 Å². The van der Waals surface area contributed by atoms with Crippen molar-refractivity contribution in [3.8, 4) is 0 Å². The average Bonchev–Trinajstić information content (AvgIpc) is 0.944. The van der Waals surface area contributed by atoms with E-state index >= 15 is 0 Å². The van der Waals surface area contributed by atoms with Crippen LogP contribution in [0, 0.1) is 11.8 Å². The second-order valence-electron chi connectivity index (χ2n) is 31.9. The monoisotopic (exact) mass is 1540 g/mol. The van der Waals surface area contributed by atoms with E-state index in [1.165, 1.54) is 270 Å². The highest BCUT2D eigenvalue weighted by Gasteiger charge is 2.30. The fourth-order valence-electron chi connectivity index (χ4n) is 13.4. The summed E-state index contributed by atoms with van der Waals surface area (Å²) in [5.74, 6) is -0.612. The second-order valence-corrected chi connectivity index (χ2v) is 34.8. The Balaban J connectivity index is 5.23. The van der Waals surface area contributed by atoms with Crippen LogP contribution in [0.1, 0.15) is 459 Å². The van der Waals surface area contributed by atoms with E-state index in [1.54, 1.807) is 0 Å². The third kappa shape index (κ3) is 79.9. The van der Waals surface area contributed by atoms with Crippen LogP contribution in [0.3, 0.4) is 0 Å². The third-order valence-electron chi connectivity index (χ3n) is 20.2. The summed E-state index contributed by atoms with van der Waals surface area (Å²) in [5, 5.41) is 10.7. The molecule has 0 radical (unpaired) electrons. The summed E-state index contributed by atoms with van der Waals surface area (Å²) in [5.41, 5.74) is 0. The normalized spacial score (nSPS) is 13.8. The molecule has 2 unspecified atom stereocenters. The highest BCUT2D eigenvalue weighted by atomic mass is 31.2. The number of carbonyl (C=O) groups is 4. The molecule has 0 aromatic heterocycles. The van der Waals surface area contributed by atoms with Crippen LogP contribution in [0.4, 0.5) is 0 Å². The van der Waals surface area contributed by atoms with Gasteiger partial charge in [-0.05, 0) is 37.5 Å². The molecule has 0 aromatic rings. The van der Waals surface area contributed by atoms with Crippen molar-refractivity contribution >= 4 is 39.5 Å². The number of unbranched alkanes of at least 4 members (excludes halogenated alkanes) is 55. The van der Waals surface area contributed by atoms with Gasteiger partial charge in [-0.1, -0.05) is 408 Å². The van der Waals surface area contributed by atoms with Crippen LogP contribution in [0.2, 0.25) is 0 Å². The van der Waals surface area contributed by atoms with Crippen LogP contribution < -0.4 is 0 Å². The van der Waals surface area contributed by atoms with Gasteiger partial charge in [0.2, 0.25) is 0 Å². The average molecular weight is 1540 g/mol. The fourth-order valence-corrected chi connectivity index (χ4v) is 15.0. The molecule has 0 aromatic carbocycles. The van der Waals surface area contributed by atoms with Gasteiger partial charge in [0.1, 0.15) is 19.3 Å². The number of aliphatic hydroxyl groups is 1. The van der Waals surface area contributed by atoms with Gasteiger partial charge < -0.3 is 33.8 Å². The van der Waals surface area contributed by atoms with Gasteiger partial charge in [-0.25, -0.2) is 9.13 Å². The summed E-state index contributed by atoms with van der Waals surface area (Å²) < 4.78 is 68.9. The largest absolute Gasteiger partial charge is 0.472 e. The number of phosphoric acid groups is 2. The van der Waals surface area contributed by atoms with Crippen molar-refractivity contribution < 1.29 is 80.2 Å². The lowest BCUT2D eigenvalue weighted by atomic mass is 10.0. The molecule has 0 fully saturated rings. The fraction of sp³-hybridized carbons (Fsp3) is 0.953. The molecule has 5 atom stereocenters. The van der Waals surface area contributed by atoms with Gasteiger partial charge in [0.15, 0.2) is 12.2 Å². The van der Waals surface area contributed by atoms with Gasteiger partial charge in [0, 0.05) is 25.7 Å². The highest BCUT2D eigenvalue weighted by Crippen LogP contribution is 2.45. The zero-order chi connectivity index (χ0) is 77.1. The number of carbonyl (C=O) groups excluding carboxylic acids is 4. The zero-order valence-corrected chi connectivity index (χ0v) is 70.8. The van der Waals surface area contributed by atoms with Crippen LogP contribution in [-0.2, 0) is 65.4 Å². The molecule has 0 bridgehead atoms. The molecule has 0 aliphatic rings. The number of hydrogen-bond acceptors (Lipinski definition) is 15. The first-order chi connectivity index (χ1) is 50.9. The Labute approximate surface area is 645 Å².